The molecular formula is C19H27NO3. The summed E-state index contributed by atoms with van der Waals surface area (Å²) < 4.78 is 5.57. The molecule has 1 N–H and O–H groups in total. The van der Waals surface area contributed by atoms with Crippen LogP contribution in [0.5, 0.6) is 5.75 Å². The lowest BCUT2D eigenvalue weighted by molar-refractivity contribution is -0.138. The number of fused-ring (bicyclic) bond motifs is 1. The van der Waals surface area contributed by atoms with E-state index >= 15 is 0 Å². The molecule has 0 bridgehead atoms. The fourth-order valence-corrected chi connectivity index (χ4v) is 4.00. The van der Waals surface area contributed by atoms with Gasteiger partial charge in [-0.3, -0.25) is 4.79 Å². The van der Waals surface area contributed by atoms with Crippen molar-refractivity contribution in [2.75, 3.05) is 19.7 Å². The van der Waals surface area contributed by atoms with E-state index in [-0.39, 0.29) is 0 Å². The van der Waals surface area contributed by atoms with Crippen LogP contribution < -0.4 is 4.74 Å². The van der Waals surface area contributed by atoms with Crippen LogP contribution >= 0.6 is 0 Å². The van der Waals surface area contributed by atoms with Crippen molar-refractivity contribution in [3.8, 4) is 5.75 Å². The highest BCUT2D eigenvalue weighted by atomic mass is 16.5. The Morgan fingerprint density at radius 3 is 3.09 bits per heavy atom. The number of carboxylic acids is 1. The van der Waals surface area contributed by atoms with Gasteiger partial charge in [0.15, 0.2) is 0 Å². The Labute approximate surface area is 138 Å². The van der Waals surface area contributed by atoms with Crippen molar-refractivity contribution in [1.82, 2.24) is 4.90 Å². The molecule has 1 fully saturated rings. The topological polar surface area (TPSA) is 49.8 Å². The molecule has 0 spiro atoms. The van der Waals surface area contributed by atoms with Crippen molar-refractivity contribution in [2.45, 2.75) is 51.5 Å². The van der Waals surface area contributed by atoms with Crippen LogP contribution in [-0.2, 0) is 17.6 Å². The van der Waals surface area contributed by atoms with Gasteiger partial charge in [-0.15, -0.1) is 0 Å². The summed E-state index contributed by atoms with van der Waals surface area (Å²) in [7, 11) is 0. The second kappa shape index (κ2) is 7.35. The molecule has 1 aromatic carbocycles. The molecule has 0 saturated carbocycles. The number of nitrogens with zero attached hydrogens (tertiary/aromatic N) is 1. The zero-order valence-corrected chi connectivity index (χ0v) is 14.0. The van der Waals surface area contributed by atoms with Gasteiger partial charge in [0.2, 0.25) is 0 Å². The third-order valence-corrected chi connectivity index (χ3v) is 5.32. The third-order valence-electron chi connectivity index (χ3n) is 5.32. The van der Waals surface area contributed by atoms with E-state index in [0.717, 1.165) is 57.6 Å². The number of piperidine rings is 1. The summed E-state index contributed by atoms with van der Waals surface area (Å²) in [5.41, 5.74) is 2.73. The Hall–Kier alpha value is -1.55. The monoisotopic (exact) mass is 317 g/mol. The van der Waals surface area contributed by atoms with E-state index in [1.54, 1.807) is 0 Å². The van der Waals surface area contributed by atoms with E-state index in [1.165, 1.54) is 11.1 Å². The highest BCUT2D eigenvalue weighted by Gasteiger charge is 2.28. The maximum atomic E-state index is 10.9. The first-order valence-corrected chi connectivity index (χ1v) is 8.86. The molecule has 2 atom stereocenters. The lowest BCUT2D eigenvalue weighted by Gasteiger charge is -2.39. The van der Waals surface area contributed by atoms with E-state index in [4.69, 9.17) is 9.84 Å². The van der Waals surface area contributed by atoms with Crippen molar-refractivity contribution in [2.24, 2.45) is 5.92 Å². The molecule has 0 aromatic heterocycles. The molecule has 2 heterocycles. The molecule has 2 unspecified atom stereocenters. The molecule has 126 valence electrons. The predicted octanol–water partition coefficient (Wildman–Crippen LogP) is 3.13. The molecule has 0 aliphatic carbocycles. The van der Waals surface area contributed by atoms with Gasteiger partial charge in [-0.25, -0.2) is 0 Å². The molecule has 23 heavy (non-hydrogen) atoms. The molecule has 1 saturated heterocycles. The van der Waals surface area contributed by atoms with Crippen LogP contribution in [0.15, 0.2) is 18.2 Å². The van der Waals surface area contributed by atoms with Crippen molar-refractivity contribution in [1.29, 1.82) is 0 Å². The number of carbonyl (C=O) groups is 1. The minimum absolute atomic E-state index is 0.329. The van der Waals surface area contributed by atoms with E-state index in [1.807, 2.05) is 0 Å². The van der Waals surface area contributed by atoms with Crippen LogP contribution in [0, 0.1) is 5.92 Å². The predicted molar refractivity (Wildman–Crippen MR) is 90.0 cm³/mol. The van der Waals surface area contributed by atoms with Crippen LogP contribution in [0.2, 0.25) is 0 Å². The molecule has 4 heteroatoms. The SMILES string of the molecule is CCC1CC(CC(=O)O)CCN1CCc1ccc2c(c1)CCO2. The van der Waals surface area contributed by atoms with Gasteiger partial charge < -0.3 is 14.7 Å². The van der Waals surface area contributed by atoms with E-state index in [0.29, 0.717) is 18.4 Å². The number of hydrogen-bond donors (Lipinski definition) is 1. The van der Waals surface area contributed by atoms with Crippen molar-refractivity contribution < 1.29 is 14.6 Å². The fraction of sp³-hybridized carbons (Fsp3) is 0.632. The van der Waals surface area contributed by atoms with Crippen molar-refractivity contribution in [3.05, 3.63) is 29.3 Å². The Morgan fingerprint density at radius 2 is 2.30 bits per heavy atom. The third kappa shape index (κ3) is 4.05. The first-order valence-electron chi connectivity index (χ1n) is 8.86. The standard InChI is InChI=1S/C19H27NO3/c1-2-17-12-15(13-19(21)22)6-9-20(17)8-5-14-3-4-18-16(11-14)7-10-23-18/h3-4,11,15,17H,2,5-10,12-13H2,1H3,(H,21,22). The number of likely N-dealkylation sites (tertiary alicyclic amines) is 1. The number of aliphatic carboxylic acids is 1. The zero-order chi connectivity index (χ0) is 16.2. The molecule has 1 aromatic rings. The Balaban J connectivity index is 1.54. The average molecular weight is 317 g/mol. The quantitative estimate of drug-likeness (QED) is 0.876. The van der Waals surface area contributed by atoms with Gasteiger partial charge in [0.05, 0.1) is 6.61 Å². The largest absolute Gasteiger partial charge is 0.493 e. The van der Waals surface area contributed by atoms with E-state index < -0.39 is 5.97 Å². The van der Waals surface area contributed by atoms with Gasteiger partial charge in [0, 0.05) is 25.4 Å². The maximum Gasteiger partial charge on any atom is 0.303 e. The molecule has 3 rings (SSSR count). The lowest BCUT2D eigenvalue weighted by atomic mass is 9.87. The van der Waals surface area contributed by atoms with E-state index in [9.17, 15) is 4.79 Å². The smallest absolute Gasteiger partial charge is 0.303 e. The lowest BCUT2D eigenvalue weighted by Crippen LogP contribution is -2.43. The molecule has 2 aliphatic rings. The second-order valence-electron chi connectivity index (χ2n) is 6.88. The van der Waals surface area contributed by atoms with Gasteiger partial charge in [0.25, 0.3) is 0 Å². The first-order chi connectivity index (χ1) is 11.2. The Morgan fingerprint density at radius 1 is 1.43 bits per heavy atom. The number of benzene rings is 1. The highest BCUT2D eigenvalue weighted by Crippen LogP contribution is 2.29. The van der Waals surface area contributed by atoms with Gasteiger partial charge in [-0.05, 0) is 55.3 Å². The van der Waals surface area contributed by atoms with Crippen LogP contribution in [-0.4, -0.2) is 41.7 Å². The first kappa shape index (κ1) is 16.3. The summed E-state index contributed by atoms with van der Waals surface area (Å²) in [5, 5.41) is 9.00. The second-order valence-corrected chi connectivity index (χ2v) is 6.88. The summed E-state index contributed by atoms with van der Waals surface area (Å²) >= 11 is 0. The molecule has 2 aliphatic heterocycles. The summed E-state index contributed by atoms with van der Waals surface area (Å²) in [6.45, 7) is 5.13. The summed E-state index contributed by atoms with van der Waals surface area (Å²) in [6.07, 6.45) is 5.57. The normalized spacial score (nSPS) is 24.2. The summed E-state index contributed by atoms with van der Waals surface area (Å²) in [5.74, 6) is 0.749. The van der Waals surface area contributed by atoms with Gasteiger partial charge >= 0.3 is 5.97 Å². The molecule has 4 nitrogen and oxygen atoms in total. The number of ether oxygens (including phenoxy) is 1. The number of rotatable bonds is 6. The molecular weight excluding hydrogens is 290 g/mol. The fourth-order valence-electron chi connectivity index (χ4n) is 4.00. The van der Waals surface area contributed by atoms with Crippen LogP contribution in [0.25, 0.3) is 0 Å². The minimum atomic E-state index is -0.654. The summed E-state index contributed by atoms with van der Waals surface area (Å²) in [6, 6.07) is 7.11. The van der Waals surface area contributed by atoms with Crippen molar-refractivity contribution in [3.63, 3.8) is 0 Å². The van der Waals surface area contributed by atoms with E-state index in [2.05, 4.69) is 30.0 Å². The van der Waals surface area contributed by atoms with Gasteiger partial charge in [-0.2, -0.15) is 0 Å². The van der Waals surface area contributed by atoms with Crippen LogP contribution in [0.3, 0.4) is 0 Å². The van der Waals surface area contributed by atoms with Crippen LogP contribution in [0.4, 0.5) is 0 Å². The number of hydrogen-bond acceptors (Lipinski definition) is 3. The van der Waals surface area contributed by atoms with Gasteiger partial charge in [-0.1, -0.05) is 19.1 Å². The summed E-state index contributed by atoms with van der Waals surface area (Å²) in [4.78, 5) is 13.5. The molecule has 0 amide bonds. The Kier molecular flexibility index (Phi) is 5.21. The zero-order valence-electron chi connectivity index (χ0n) is 14.0. The average Bonchev–Trinajstić information content (AvgIpc) is 3.00. The van der Waals surface area contributed by atoms with Gasteiger partial charge in [0.1, 0.15) is 5.75 Å². The maximum absolute atomic E-state index is 10.9. The van der Waals surface area contributed by atoms with Crippen molar-refractivity contribution >= 4 is 5.97 Å². The highest BCUT2D eigenvalue weighted by molar-refractivity contribution is 5.67. The minimum Gasteiger partial charge on any atom is -0.493 e. The Bertz CT molecular complexity index is 558. The molecule has 0 radical (unpaired) electrons. The number of carboxylic acid groups (broad SMARTS) is 1. The van der Waals surface area contributed by atoms with Crippen LogP contribution in [0.1, 0.15) is 43.7 Å².